The van der Waals surface area contributed by atoms with Gasteiger partial charge in [0.05, 0.1) is 5.75 Å². The largest absolute Gasteiger partial charge is 0.302 e. The maximum Gasteiger partial charge on any atom is 0.302 e. The van der Waals surface area contributed by atoms with E-state index in [4.69, 9.17) is 0 Å². The summed E-state index contributed by atoms with van der Waals surface area (Å²) < 4.78 is 31.3. The molecule has 0 radical (unpaired) electrons. The molecule has 0 unspecified atom stereocenters. The molecule has 0 saturated carbocycles. The van der Waals surface area contributed by atoms with Gasteiger partial charge in [-0.05, 0) is 12.8 Å². The van der Waals surface area contributed by atoms with Gasteiger partial charge in [0.2, 0.25) is 0 Å². The molecule has 0 aromatic heterocycles. The lowest BCUT2D eigenvalue weighted by molar-refractivity contribution is 0.549. The molecule has 0 aliphatic heterocycles. The van der Waals surface area contributed by atoms with Crippen molar-refractivity contribution in [1.82, 2.24) is 0 Å². The van der Waals surface area contributed by atoms with Crippen LogP contribution in [0.15, 0.2) is 12.7 Å². The highest BCUT2D eigenvalue weighted by molar-refractivity contribution is 7.86. The van der Waals surface area contributed by atoms with Crippen molar-refractivity contribution >= 4 is 10.2 Å². The second-order valence-corrected chi connectivity index (χ2v) is 3.16. The van der Waals surface area contributed by atoms with Gasteiger partial charge in [0.25, 0.3) is 0 Å². The molecule has 0 N–H and O–H groups in total. The van der Waals surface area contributed by atoms with Crippen molar-refractivity contribution in [3.05, 3.63) is 12.7 Å². The Balaban J connectivity index is 3.40. The van der Waals surface area contributed by atoms with E-state index in [2.05, 4.69) is 6.58 Å². The first kappa shape index (κ1) is 8.62. The van der Waals surface area contributed by atoms with E-state index >= 15 is 0 Å². The quantitative estimate of drug-likeness (QED) is 0.345. The second kappa shape index (κ2) is 3.61. The summed E-state index contributed by atoms with van der Waals surface area (Å²) in [5.41, 5.74) is 0. The molecule has 9 heavy (non-hydrogen) atoms. The van der Waals surface area contributed by atoms with Crippen LogP contribution in [0, 0.1) is 0 Å². The van der Waals surface area contributed by atoms with Crippen molar-refractivity contribution < 1.29 is 12.3 Å². The van der Waals surface area contributed by atoms with Gasteiger partial charge in [-0.1, -0.05) is 6.08 Å². The van der Waals surface area contributed by atoms with E-state index in [0.717, 1.165) is 0 Å². The third kappa shape index (κ3) is 7.62. The van der Waals surface area contributed by atoms with Crippen LogP contribution in [0.1, 0.15) is 12.8 Å². The highest BCUT2D eigenvalue weighted by atomic mass is 32.3. The Kier molecular flexibility index (Phi) is 3.46. The Morgan fingerprint density at radius 3 is 2.44 bits per heavy atom. The molecule has 0 saturated heterocycles. The maximum absolute atomic E-state index is 11.7. The zero-order valence-corrected chi connectivity index (χ0v) is 5.82. The molecule has 0 atom stereocenters. The summed E-state index contributed by atoms with van der Waals surface area (Å²) in [4.78, 5) is 0. The fourth-order valence-electron chi connectivity index (χ4n) is 0.400. The zero-order valence-electron chi connectivity index (χ0n) is 5.01. The third-order valence-corrected chi connectivity index (χ3v) is 1.57. The highest BCUT2D eigenvalue weighted by Gasteiger charge is 2.03. The molecule has 4 heteroatoms. The molecule has 2 nitrogen and oxygen atoms in total. The highest BCUT2D eigenvalue weighted by Crippen LogP contribution is 1.97. The summed E-state index contributed by atoms with van der Waals surface area (Å²) in [5, 5.41) is 0. The molecule has 0 amide bonds. The smallest absolute Gasteiger partial charge is 0.195 e. The lowest BCUT2D eigenvalue weighted by Crippen LogP contribution is -1.96. The van der Waals surface area contributed by atoms with Gasteiger partial charge in [0.15, 0.2) is 0 Å². The molecule has 0 fully saturated rings. The molecule has 0 aromatic carbocycles. The monoisotopic (exact) mass is 152 g/mol. The van der Waals surface area contributed by atoms with Crippen molar-refractivity contribution in [3.8, 4) is 0 Å². The normalized spacial score (nSPS) is 11.2. The summed E-state index contributed by atoms with van der Waals surface area (Å²) in [6.45, 7) is 3.36. The Bertz CT molecular complexity index is 171. The Hall–Kier alpha value is -0.380. The lowest BCUT2D eigenvalue weighted by Gasteiger charge is -1.88. The molecular formula is C5H9FO2S. The van der Waals surface area contributed by atoms with Crippen LogP contribution in [0.2, 0.25) is 0 Å². The average Bonchev–Trinajstić information content (AvgIpc) is 1.63. The first-order valence-electron chi connectivity index (χ1n) is 2.59. The predicted octanol–water partition coefficient (Wildman–Crippen LogP) is 1.25. The van der Waals surface area contributed by atoms with Crippen LogP contribution in [0.25, 0.3) is 0 Å². The number of halogens is 1. The molecule has 0 rings (SSSR count). The SMILES string of the molecule is C=CCCCS(=O)(=O)F. The van der Waals surface area contributed by atoms with Crippen molar-refractivity contribution in [1.29, 1.82) is 0 Å². The maximum atomic E-state index is 11.7. The third-order valence-electron chi connectivity index (χ3n) is 0.796. The summed E-state index contributed by atoms with van der Waals surface area (Å²) in [7, 11) is -4.24. The summed E-state index contributed by atoms with van der Waals surface area (Å²) in [5.74, 6) is -0.390. The van der Waals surface area contributed by atoms with Crippen LogP contribution >= 0.6 is 0 Å². The zero-order chi connectivity index (χ0) is 7.33. The summed E-state index contributed by atoms with van der Waals surface area (Å²) >= 11 is 0. The van der Waals surface area contributed by atoms with Crippen LogP contribution in [0.3, 0.4) is 0 Å². The first-order chi connectivity index (χ1) is 4.06. The van der Waals surface area contributed by atoms with Crippen molar-refractivity contribution in [2.45, 2.75) is 12.8 Å². The standard InChI is InChI=1S/C5H9FO2S/c1-2-3-4-5-9(6,7)8/h2H,1,3-5H2. The minimum Gasteiger partial charge on any atom is -0.195 e. The van der Waals surface area contributed by atoms with Gasteiger partial charge in [-0.15, -0.1) is 10.5 Å². The molecule has 0 bridgehead atoms. The van der Waals surface area contributed by atoms with E-state index in [0.29, 0.717) is 12.8 Å². The summed E-state index contributed by atoms with van der Waals surface area (Å²) in [6.07, 6.45) is 2.43. The topological polar surface area (TPSA) is 34.1 Å². The summed E-state index contributed by atoms with van der Waals surface area (Å²) in [6, 6.07) is 0. The molecule has 54 valence electrons. The van der Waals surface area contributed by atoms with Gasteiger partial charge in [-0.3, -0.25) is 0 Å². The van der Waals surface area contributed by atoms with Crippen molar-refractivity contribution in [3.63, 3.8) is 0 Å². The van der Waals surface area contributed by atoms with Crippen LogP contribution in [-0.2, 0) is 10.2 Å². The van der Waals surface area contributed by atoms with Gasteiger partial charge in [0, 0.05) is 0 Å². The second-order valence-electron chi connectivity index (χ2n) is 1.67. The molecule has 0 spiro atoms. The van der Waals surface area contributed by atoms with E-state index in [1.165, 1.54) is 0 Å². The number of hydrogen-bond donors (Lipinski definition) is 0. The van der Waals surface area contributed by atoms with Gasteiger partial charge in [-0.25, -0.2) is 0 Å². The number of rotatable bonds is 4. The van der Waals surface area contributed by atoms with E-state index in [1.807, 2.05) is 0 Å². The van der Waals surface area contributed by atoms with Gasteiger partial charge in [-0.2, -0.15) is 8.42 Å². The fourth-order valence-corrected chi connectivity index (χ4v) is 0.912. The van der Waals surface area contributed by atoms with Crippen molar-refractivity contribution in [2.24, 2.45) is 0 Å². The van der Waals surface area contributed by atoms with Gasteiger partial charge < -0.3 is 0 Å². The minimum atomic E-state index is -4.24. The van der Waals surface area contributed by atoms with E-state index < -0.39 is 10.2 Å². The van der Waals surface area contributed by atoms with Crippen LogP contribution in [-0.4, -0.2) is 14.2 Å². The predicted molar refractivity (Wildman–Crippen MR) is 34.3 cm³/mol. The molecule has 0 heterocycles. The van der Waals surface area contributed by atoms with E-state index in [1.54, 1.807) is 6.08 Å². The molecule has 0 aliphatic carbocycles. The lowest BCUT2D eigenvalue weighted by atomic mass is 10.3. The van der Waals surface area contributed by atoms with Gasteiger partial charge in [0.1, 0.15) is 0 Å². The Morgan fingerprint density at radius 1 is 1.56 bits per heavy atom. The Labute approximate surface area is 54.6 Å². The fraction of sp³-hybridized carbons (Fsp3) is 0.600. The Morgan fingerprint density at radius 2 is 2.11 bits per heavy atom. The molecule has 0 aromatic rings. The van der Waals surface area contributed by atoms with Crippen molar-refractivity contribution in [2.75, 3.05) is 5.75 Å². The van der Waals surface area contributed by atoms with E-state index in [9.17, 15) is 12.3 Å². The first-order valence-corrected chi connectivity index (χ1v) is 4.15. The van der Waals surface area contributed by atoms with Crippen LogP contribution < -0.4 is 0 Å². The van der Waals surface area contributed by atoms with Crippen LogP contribution in [0.5, 0.6) is 0 Å². The molecular weight excluding hydrogens is 143 g/mol. The molecule has 0 aliphatic rings. The number of allylic oxidation sites excluding steroid dienone is 1. The van der Waals surface area contributed by atoms with Crippen LogP contribution in [0.4, 0.5) is 3.89 Å². The number of unbranched alkanes of at least 4 members (excludes halogenated alkanes) is 1. The number of hydrogen-bond acceptors (Lipinski definition) is 2. The minimum absolute atomic E-state index is 0.322. The van der Waals surface area contributed by atoms with E-state index in [-0.39, 0.29) is 5.75 Å². The van der Waals surface area contributed by atoms with Gasteiger partial charge >= 0.3 is 10.2 Å². The average molecular weight is 152 g/mol.